The number of Topliss-reactive ketones (excluding diaryl/α,β-unsaturated/α-hetero) is 2. The van der Waals surface area contributed by atoms with E-state index >= 15 is 0 Å². The van der Waals surface area contributed by atoms with Crippen molar-refractivity contribution in [3.05, 3.63) is 124 Å². The number of fused-ring (bicyclic) bond motifs is 1. The van der Waals surface area contributed by atoms with Crippen LogP contribution < -0.4 is 0 Å². The molecule has 1 unspecified atom stereocenters. The third kappa shape index (κ3) is 2.59. The molecule has 2 aliphatic rings. The Labute approximate surface area is 169 Å². The minimum absolute atomic E-state index is 0.144. The molecule has 0 saturated carbocycles. The van der Waals surface area contributed by atoms with Gasteiger partial charge >= 0.3 is 0 Å². The fourth-order valence-corrected chi connectivity index (χ4v) is 4.14. The van der Waals surface area contributed by atoms with E-state index in [1.807, 2.05) is 67.6 Å². The topological polar surface area (TPSA) is 43.4 Å². The lowest BCUT2D eigenvalue weighted by Crippen LogP contribution is -2.39. The number of carbonyl (C=O) groups is 2. The van der Waals surface area contributed by atoms with Gasteiger partial charge in [0, 0.05) is 22.3 Å². The van der Waals surface area contributed by atoms with Crippen LogP contribution in [0.5, 0.6) is 0 Å². The molecule has 1 aliphatic carbocycles. The fourth-order valence-electron chi connectivity index (χ4n) is 4.14. The maximum Gasteiger partial charge on any atom is 0.194 e. The van der Waals surface area contributed by atoms with Gasteiger partial charge in [0.05, 0.1) is 5.57 Å². The second-order valence-corrected chi connectivity index (χ2v) is 7.37. The molecule has 5 rings (SSSR count). The van der Waals surface area contributed by atoms with Gasteiger partial charge < -0.3 is 4.74 Å². The van der Waals surface area contributed by atoms with Gasteiger partial charge in [0.1, 0.15) is 5.76 Å². The molecular weight excluding hydrogens is 360 g/mol. The zero-order valence-electron chi connectivity index (χ0n) is 15.9. The molecule has 0 N–H and O–H groups in total. The Balaban J connectivity index is 1.79. The van der Waals surface area contributed by atoms with Crippen molar-refractivity contribution < 1.29 is 14.3 Å². The molecule has 140 valence electrons. The van der Waals surface area contributed by atoms with Crippen molar-refractivity contribution in [2.75, 3.05) is 0 Å². The zero-order valence-corrected chi connectivity index (χ0v) is 15.9. The van der Waals surface area contributed by atoms with Crippen molar-refractivity contribution in [3.8, 4) is 0 Å². The van der Waals surface area contributed by atoms with E-state index in [2.05, 4.69) is 0 Å². The van der Waals surface area contributed by atoms with Gasteiger partial charge in [-0.25, -0.2) is 0 Å². The summed E-state index contributed by atoms with van der Waals surface area (Å²) in [5, 5.41) is 0. The van der Waals surface area contributed by atoms with E-state index in [0.717, 1.165) is 11.1 Å². The highest BCUT2D eigenvalue weighted by atomic mass is 16.5. The number of ether oxygens (including phenoxy) is 1. The molecular formula is C26H18O3. The van der Waals surface area contributed by atoms with Crippen molar-refractivity contribution in [1.82, 2.24) is 0 Å². The highest BCUT2D eigenvalue weighted by molar-refractivity contribution is 6.29. The molecule has 3 aromatic rings. The molecule has 0 bridgehead atoms. The Hall–Kier alpha value is -3.72. The summed E-state index contributed by atoms with van der Waals surface area (Å²) in [6.45, 7) is 1.87. The predicted octanol–water partition coefficient (Wildman–Crippen LogP) is 5.35. The largest absolute Gasteiger partial charge is 0.477 e. The van der Waals surface area contributed by atoms with E-state index in [4.69, 9.17) is 4.74 Å². The number of benzene rings is 3. The van der Waals surface area contributed by atoms with Crippen molar-refractivity contribution in [2.24, 2.45) is 0 Å². The van der Waals surface area contributed by atoms with Gasteiger partial charge in [-0.05, 0) is 18.6 Å². The minimum Gasteiger partial charge on any atom is -0.477 e. The molecule has 0 amide bonds. The van der Waals surface area contributed by atoms with Gasteiger partial charge in [-0.3, -0.25) is 9.59 Å². The smallest absolute Gasteiger partial charge is 0.194 e. The van der Waals surface area contributed by atoms with E-state index in [-0.39, 0.29) is 11.6 Å². The monoisotopic (exact) mass is 378 g/mol. The molecule has 3 nitrogen and oxygen atoms in total. The Kier molecular flexibility index (Phi) is 3.85. The summed E-state index contributed by atoms with van der Waals surface area (Å²) in [7, 11) is 0. The van der Waals surface area contributed by atoms with Crippen molar-refractivity contribution in [2.45, 2.75) is 12.5 Å². The highest BCUT2D eigenvalue weighted by Gasteiger charge is 2.47. The molecule has 1 aliphatic heterocycles. The van der Waals surface area contributed by atoms with E-state index in [9.17, 15) is 9.59 Å². The number of hydrogen-bond acceptors (Lipinski definition) is 3. The van der Waals surface area contributed by atoms with Crippen LogP contribution in [-0.4, -0.2) is 11.6 Å². The lowest BCUT2D eigenvalue weighted by atomic mass is 9.73. The summed E-state index contributed by atoms with van der Waals surface area (Å²) in [5.41, 5.74) is 2.29. The van der Waals surface area contributed by atoms with Crippen LogP contribution in [0.2, 0.25) is 0 Å². The molecule has 29 heavy (non-hydrogen) atoms. The van der Waals surface area contributed by atoms with Gasteiger partial charge in [0.25, 0.3) is 0 Å². The van der Waals surface area contributed by atoms with Crippen LogP contribution in [0.1, 0.15) is 38.8 Å². The standard InChI is InChI=1S/C26H18O3/c1-26(18-12-6-3-7-13-18)23-21(16-22(29-26)17-10-4-2-5-11-17)24(27)19-14-8-9-15-20(19)25(23)28/h2-16H,1H3. The summed E-state index contributed by atoms with van der Waals surface area (Å²) < 4.78 is 6.48. The Morgan fingerprint density at radius 3 is 1.90 bits per heavy atom. The number of hydrogen-bond donors (Lipinski definition) is 0. The maximum absolute atomic E-state index is 13.5. The van der Waals surface area contributed by atoms with E-state index in [1.165, 1.54) is 0 Å². The van der Waals surface area contributed by atoms with Crippen LogP contribution in [0.3, 0.4) is 0 Å². The fraction of sp³-hybridized carbons (Fsp3) is 0.0769. The van der Waals surface area contributed by atoms with Crippen molar-refractivity contribution >= 4 is 17.3 Å². The second kappa shape index (κ2) is 6.42. The molecule has 0 aromatic heterocycles. The van der Waals surface area contributed by atoms with Crippen LogP contribution in [0.4, 0.5) is 0 Å². The molecule has 1 atom stereocenters. The first kappa shape index (κ1) is 17.4. The molecule has 1 heterocycles. The summed E-state index contributed by atoms with van der Waals surface area (Å²) in [5.74, 6) is 0.273. The van der Waals surface area contributed by atoms with Gasteiger partial charge in [-0.15, -0.1) is 0 Å². The summed E-state index contributed by atoms with van der Waals surface area (Å²) in [4.78, 5) is 26.9. The van der Waals surface area contributed by atoms with Crippen LogP contribution in [-0.2, 0) is 10.3 Å². The molecule has 0 radical (unpaired) electrons. The van der Waals surface area contributed by atoms with Crippen LogP contribution in [0.25, 0.3) is 5.76 Å². The average Bonchev–Trinajstić information content (AvgIpc) is 2.78. The quantitative estimate of drug-likeness (QED) is 0.604. The van der Waals surface area contributed by atoms with Crippen LogP contribution in [0.15, 0.2) is 102 Å². The molecule has 3 heteroatoms. The SMILES string of the molecule is CC1(c2ccccc2)OC(c2ccccc2)=CC2=C1C(=O)c1ccccc1C2=O. The molecule has 0 spiro atoms. The summed E-state index contributed by atoms with van der Waals surface area (Å²) in [6.07, 6.45) is 1.71. The van der Waals surface area contributed by atoms with E-state index in [0.29, 0.717) is 28.0 Å². The normalized spacial score (nSPS) is 20.5. The molecule has 0 fully saturated rings. The summed E-state index contributed by atoms with van der Waals surface area (Å²) in [6, 6.07) is 26.2. The highest BCUT2D eigenvalue weighted by Crippen LogP contribution is 2.47. The first-order chi connectivity index (χ1) is 14.1. The van der Waals surface area contributed by atoms with Crippen LogP contribution >= 0.6 is 0 Å². The maximum atomic E-state index is 13.5. The van der Waals surface area contributed by atoms with E-state index in [1.54, 1.807) is 30.3 Å². The molecule has 3 aromatic carbocycles. The van der Waals surface area contributed by atoms with Gasteiger partial charge in [-0.1, -0.05) is 84.9 Å². The second-order valence-electron chi connectivity index (χ2n) is 7.37. The van der Waals surface area contributed by atoms with Crippen molar-refractivity contribution in [3.63, 3.8) is 0 Å². The third-order valence-corrected chi connectivity index (χ3v) is 5.61. The van der Waals surface area contributed by atoms with Gasteiger partial charge in [0.2, 0.25) is 0 Å². The average molecular weight is 378 g/mol. The lowest BCUT2D eigenvalue weighted by Gasteiger charge is -2.39. The minimum atomic E-state index is -1.07. The summed E-state index contributed by atoms with van der Waals surface area (Å²) >= 11 is 0. The first-order valence-electron chi connectivity index (χ1n) is 9.54. The third-order valence-electron chi connectivity index (χ3n) is 5.61. The lowest BCUT2D eigenvalue weighted by molar-refractivity contribution is 0.0697. The van der Waals surface area contributed by atoms with Crippen molar-refractivity contribution in [1.29, 1.82) is 0 Å². The number of allylic oxidation sites excluding steroid dienone is 2. The van der Waals surface area contributed by atoms with Gasteiger partial charge in [-0.2, -0.15) is 0 Å². The Morgan fingerprint density at radius 2 is 1.24 bits per heavy atom. The van der Waals surface area contributed by atoms with Crippen LogP contribution in [0, 0.1) is 0 Å². The van der Waals surface area contributed by atoms with E-state index < -0.39 is 5.60 Å². The predicted molar refractivity (Wildman–Crippen MR) is 111 cm³/mol. The first-order valence-corrected chi connectivity index (χ1v) is 9.54. The number of ketones is 2. The van der Waals surface area contributed by atoms with Gasteiger partial charge in [0.15, 0.2) is 17.2 Å². The number of rotatable bonds is 2. The molecule has 0 saturated heterocycles. The number of carbonyl (C=O) groups excluding carboxylic acids is 2. The zero-order chi connectivity index (χ0) is 20.0. The Morgan fingerprint density at radius 1 is 0.690 bits per heavy atom. The Bertz CT molecular complexity index is 1200.